The lowest BCUT2D eigenvalue weighted by Gasteiger charge is -2.20. The van der Waals surface area contributed by atoms with Gasteiger partial charge >= 0.3 is 0 Å². The van der Waals surface area contributed by atoms with Crippen molar-refractivity contribution in [2.45, 2.75) is 6.42 Å². The van der Waals surface area contributed by atoms with Gasteiger partial charge in [0.25, 0.3) is 0 Å². The van der Waals surface area contributed by atoms with Gasteiger partial charge in [-0.05, 0) is 25.1 Å². The molecule has 2 N–H and O–H groups in total. The average molecular weight is 297 g/mol. The number of nitrogens with zero attached hydrogens (tertiary/aromatic N) is 4. The van der Waals surface area contributed by atoms with Gasteiger partial charge in [0.2, 0.25) is 5.78 Å². The van der Waals surface area contributed by atoms with Crippen LogP contribution in [0.15, 0.2) is 30.7 Å². The van der Waals surface area contributed by atoms with Gasteiger partial charge < -0.3 is 10.2 Å². The average Bonchev–Trinajstić information content (AvgIpc) is 2.84. The summed E-state index contributed by atoms with van der Waals surface area (Å²) >= 11 is 0. The standard InChI is InChI=1S/C15H17N6O/c16-15-11(3-1-5-19-15)14(22)12-9-18-10-13(20-12)21-7-2-4-17-6-8-21/h1,3,5,9-10,16-17H,2,4,6-8H2. The molecule has 3 heterocycles. The molecule has 3 rings (SSSR count). The van der Waals surface area contributed by atoms with Crippen LogP contribution in [0.3, 0.4) is 0 Å². The zero-order valence-electron chi connectivity index (χ0n) is 12.1. The van der Waals surface area contributed by atoms with Crippen LogP contribution in [-0.2, 0) is 0 Å². The Morgan fingerprint density at radius 1 is 1.27 bits per heavy atom. The Kier molecular flexibility index (Phi) is 4.24. The molecule has 0 spiro atoms. The van der Waals surface area contributed by atoms with E-state index in [1.807, 2.05) is 0 Å². The van der Waals surface area contributed by atoms with E-state index in [-0.39, 0.29) is 22.9 Å². The van der Waals surface area contributed by atoms with Crippen LogP contribution in [0, 0.1) is 0 Å². The normalized spacial score (nSPS) is 15.4. The van der Waals surface area contributed by atoms with Crippen molar-refractivity contribution in [3.05, 3.63) is 42.0 Å². The van der Waals surface area contributed by atoms with Crippen LogP contribution < -0.4 is 16.0 Å². The molecule has 0 aliphatic carbocycles. The van der Waals surface area contributed by atoms with Crippen molar-refractivity contribution in [2.24, 2.45) is 0 Å². The lowest BCUT2D eigenvalue weighted by atomic mass is 10.1. The third-order valence-electron chi connectivity index (χ3n) is 3.57. The van der Waals surface area contributed by atoms with E-state index in [1.165, 1.54) is 12.4 Å². The van der Waals surface area contributed by atoms with Crippen molar-refractivity contribution >= 4 is 17.4 Å². The van der Waals surface area contributed by atoms with Gasteiger partial charge in [0.1, 0.15) is 11.5 Å². The minimum absolute atomic E-state index is 0.0429. The Hall–Kier alpha value is -2.54. The number of carbonyl (C=O) groups is 1. The number of carbonyl (C=O) groups excluding carboxylic acids is 1. The number of nitrogens with one attached hydrogen (secondary N) is 2. The predicted octanol–water partition coefficient (Wildman–Crippen LogP) is 0.817. The number of anilines is 1. The minimum atomic E-state index is -0.319. The maximum atomic E-state index is 12.5. The molecule has 0 aromatic carbocycles. The Morgan fingerprint density at radius 3 is 3.05 bits per heavy atom. The number of rotatable bonds is 3. The summed E-state index contributed by atoms with van der Waals surface area (Å²) in [5, 5.41) is 3.33. The molecule has 7 heteroatoms. The maximum Gasteiger partial charge on any atom is 0.216 e. The van der Waals surface area contributed by atoms with Crippen LogP contribution in [0.1, 0.15) is 22.5 Å². The molecule has 1 saturated heterocycles. The van der Waals surface area contributed by atoms with Crippen LogP contribution in [0.5, 0.6) is 0 Å². The van der Waals surface area contributed by atoms with Crippen molar-refractivity contribution in [3.8, 4) is 0 Å². The Balaban J connectivity index is 1.87. The smallest absolute Gasteiger partial charge is 0.216 e. The van der Waals surface area contributed by atoms with E-state index < -0.39 is 0 Å². The fourth-order valence-electron chi connectivity index (χ4n) is 2.42. The quantitative estimate of drug-likeness (QED) is 0.843. The largest absolute Gasteiger partial charge is 0.354 e. The van der Waals surface area contributed by atoms with E-state index in [1.54, 1.807) is 18.3 Å². The molecule has 1 radical (unpaired) electrons. The SMILES string of the molecule is [NH]c1ncccc1C(=O)c1cncc(N2CCCNCC2)n1. The molecule has 22 heavy (non-hydrogen) atoms. The fourth-order valence-corrected chi connectivity index (χ4v) is 2.42. The van der Waals surface area contributed by atoms with E-state index in [0.29, 0.717) is 5.82 Å². The summed E-state index contributed by atoms with van der Waals surface area (Å²) in [4.78, 5) is 27.0. The minimum Gasteiger partial charge on any atom is -0.354 e. The summed E-state index contributed by atoms with van der Waals surface area (Å²) in [7, 11) is 0. The second kappa shape index (κ2) is 6.48. The summed E-state index contributed by atoms with van der Waals surface area (Å²) in [6.07, 6.45) is 5.63. The second-order valence-corrected chi connectivity index (χ2v) is 5.08. The van der Waals surface area contributed by atoms with Crippen LogP contribution in [0.4, 0.5) is 11.6 Å². The lowest BCUT2D eigenvalue weighted by Crippen LogP contribution is -2.29. The molecule has 0 bridgehead atoms. The molecule has 1 aliphatic rings. The molecular weight excluding hydrogens is 280 g/mol. The topological polar surface area (TPSA) is 94.8 Å². The first kappa shape index (κ1) is 14.4. The number of ketones is 1. The van der Waals surface area contributed by atoms with Gasteiger partial charge in [0.05, 0.1) is 18.0 Å². The number of pyridine rings is 1. The van der Waals surface area contributed by atoms with Crippen molar-refractivity contribution in [1.29, 1.82) is 0 Å². The molecular formula is C15H17N6O. The summed E-state index contributed by atoms with van der Waals surface area (Å²) < 4.78 is 0. The number of hydrogen-bond acceptors (Lipinski definition) is 6. The Labute approximate surface area is 128 Å². The zero-order valence-corrected chi connectivity index (χ0v) is 12.1. The van der Waals surface area contributed by atoms with Crippen LogP contribution in [0.25, 0.3) is 0 Å². The van der Waals surface area contributed by atoms with Crippen LogP contribution >= 0.6 is 0 Å². The molecule has 7 nitrogen and oxygen atoms in total. The highest BCUT2D eigenvalue weighted by Gasteiger charge is 2.17. The second-order valence-electron chi connectivity index (χ2n) is 5.08. The summed E-state index contributed by atoms with van der Waals surface area (Å²) in [5.74, 6) is 0.337. The highest BCUT2D eigenvalue weighted by Crippen LogP contribution is 2.16. The van der Waals surface area contributed by atoms with Gasteiger partial charge in [-0.2, -0.15) is 0 Å². The molecule has 2 aromatic heterocycles. The predicted molar refractivity (Wildman–Crippen MR) is 82.2 cm³/mol. The first-order valence-corrected chi connectivity index (χ1v) is 7.25. The molecule has 0 unspecified atom stereocenters. The highest BCUT2D eigenvalue weighted by atomic mass is 16.1. The van der Waals surface area contributed by atoms with E-state index in [4.69, 9.17) is 5.73 Å². The van der Waals surface area contributed by atoms with E-state index >= 15 is 0 Å². The number of aromatic nitrogens is 3. The summed E-state index contributed by atoms with van der Waals surface area (Å²) in [6.45, 7) is 3.60. The Bertz CT molecular complexity index is 667. The van der Waals surface area contributed by atoms with Crippen molar-refractivity contribution < 1.29 is 4.79 Å². The van der Waals surface area contributed by atoms with Crippen molar-refractivity contribution in [2.75, 3.05) is 31.1 Å². The summed E-state index contributed by atoms with van der Waals surface area (Å²) in [6, 6.07) is 3.23. The molecule has 2 aromatic rings. The van der Waals surface area contributed by atoms with Crippen LogP contribution in [0.2, 0.25) is 0 Å². The highest BCUT2D eigenvalue weighted by molar-refractivity contribution is 6.10. The van der Waals surface area contributed by atoms with Crippen molar-refractivity contribution in [1.82, 2.24) is 26.0 Å². The maximum absolute atomic E-state index is 12.5. The lowest BCUT2D eigenvalue weighted by molar-refractivity contribution is 0.103. The fraction of sp³-hybridized carbons (Fsp3) is 0.333. The number of hydrogen-bond donors (Lipinski definition) is 1. The van der Waals surface area contributed by atoms with Gasteiger partial charge in [-0.1, -0.05) is 0 Å². The third kappa shape index (κ3) is 3.04. The molecule has 1 fully saturated rings. The van der Waals surface area contributed by atoms with Gasteiger partial charge in [0, 0.05) is 25.8 Å². The molecule has 0 saturated carbocycles. The molecule has 1 aliphatic heterocycles. The first-order valence-electron chi connectivity index (χ1n) is 7.25. The molecule has 113 valence electrons. The van der Waals surface area contributed by atoms with E-state index in [0.717, 1.165) is 32.6 Å². The molecule has 0 amide bonds. The van der Waals surface area contributed by atoms with Gasteiger partial charge in [-0.25, -0.2) is 9.97 Å². The zero-order chi connectivity index (χ0) is 15.4. The Morgan fingerprint density at radius 2 is 2.18 bits per heavy atom. The van der Waals surface area contributed by atoms with Gasteiger partial charge in [0.15, 0.2) is 5.82 Å². The summed E-state index contributed by atoms with van der Waals surface area (Å²) in [5.41, 5.74) is 8.22. The van der Waals surface area contributed by atoms with Gasteiger partial charge in [-0.3, -0.25) is 15.5 Å². The van der Waals surface area contributed by atoms with E-state index in [9.17, 15) is 4.79 Å². The van der Waals surface area contributed by atoms with E-state index in [2.05, 4.69) is 25.2 Å². The van der Waals surface area contributed by atoms with Crippen molar-refractivity contribution in [3.63, 3.8) is 0 Å². The monoisotopic (exact) mass is 297 g/mol. The molecule has 0 atom stereocenters. The first-order chi connectivity index (χ1) is 10.8. The van der Waals surface area contributed by atoms with Gasteiger partial charge in [-0.15, -0.1) is 0 Å². The third-order valence-corrected chi connectivity index (χ3v) is 3.57. The van der Waals surface area contributed by atoms with Crippen LogP contribution in [-0.4, -0.2) is 46.9 Å².